The van der Waals surface area contributed by atoms with E-state index < -0.39 is 61.2 Å². The van der Waals surface area contributed by atoms with Crippen LogP contribution in [0.1, 0.15) is 25.7 Å². The molecule has 1 aliphatic carbocycles. The summed E-state index contributed by atoms with van der Waals surface area (Å²) < 4.78 is 146. The van der Waals surface area contributed by atoms with Gasteiger partial charge in [-0.05, 0) is 19.3 Å². The minimum atomic E-state index is -7.16. The van der Waals surface area contributed by atoms with Crippen LogP contribution in [0.25, 0.3) is 0 Å². The number of halogens is 11. The van der Waals surface area contributed by atoms with E-state index in [9.17, 15) is 48.3 Å². The van der Waals surface area contributed by atoms with Crippen molar-refractivity contribution in [2.45, 2.75) is 61.0 Å². The molecule has 23 heavy (non-hydrogen) atoms. The highest BCUT2D eigenvalue weighted by atomic mass is 19.4. The summed E-state index contributed by atoms with van der Waals surface area (Å²) in [5.41, 5.74) is -5.88. The molecule has 0 aliphatic heterocycles. The summed E-state index contributed by atoms with van der Waals surface area (Å²) in [4.78, 5) is 0. The second-order valence-electron chi connectivity index (χ2n) is 5.21. The molecular formula is C11H11F11O. The summed E-state index contributed by atoms with van der Waals surface area (Å²) in [6.45, 7) is -0.587. The summed E-state index contributed by atoms with van der Waals surface area (Å²) >= 11 is 0. The van der Waals surface area contributed by atoms with Gasteiger partial charge < -0.3 is 5.11 Å². The smallest absolute Gasteiger partial charge is 0.384 e. The van der Waals surface area contributed by atoms with Crippen molar-refractivity contribution in [1.29, 1.82) is 0 Å². The van der Waals surface area contributed by atoms with Gasteiger partial charge in [0, 0.05) is 6.61 Å². The lowest BCUT2D eigenvalue weighted by Crippen LogP contribution is -2.83. The molecule has 138 valence electrons. The van der Waals surface area contributed by atoms with Crippen molar-refractivity contribution in [3.8, 4) is 0 Å². The van der Waals surface area contributed by atoms with E-state index in [0.29, 0.717) is 0 Å². The van der Waals surface area contributed by atoms with Crippen LogP contribution in [0.15, 0.2) is 0 Å². The molecule has 0 aromatic rings. The quantitative estimate of drug-likeness (QED) is 0.562. The average Bonchev–Trinajstić information content (AvgIpc) is 2.41. The molecule has 1 saturated carbocycles. The number of hydrogen-bond acceptors (Lipinski definition) is 1. The maximum absolute atomic E-state index is 14.0. The van der Waals surface area contributed by atoms with Gasteiger partial charge >= 0.3 is 29.6 Å². The fourth-order valence-electron chi connectivity index (χ4n) is 2.26. The van der Waals surface area contributed by atoms with Crippen LogP contribution in [-0.4, -0.2) is 47.0 Å². The minimum absolute atomic E-state index is 0.240. The average molecular weight is 368 g/mol. The second kappa shape index (κ2) is 5.35. The Hall–Kier alpha value is -0.810. The van der Waals surface area contributed by atoms with E-state index in [-0.39, 0.29) is 6.42 Å². The third-order valence-electron chi connectivity index (χ3n) is 3.75. The Morgan fingerprint density at radius 3 is 1.17 bits per heavy atom. The Morgan fingerprint density at radius 1 is 0.478 bits per heavy atom. The molecule has 1 nitrogen and oxygen atoms in total. The van der Waals surface area contributed by atoms with Gasteiger partial charge in [0.25, 0.3) is 0 Å². The van der Waals surface area contributed by atoms with Gasteiger partial charge in [0.15, 0.2) is 0 Å². The third-order valence-corrected chi connectivity index (χ3v) is 3.75. The van der Waals surface area contributed by atoms with E-state index in [1.165, 1.54) is 0 Å². The molecule has 1 N–H and O–H groups in total. The number of rotatable bonds is 5. The maximum Gasteiger partial charge on any atom is 0.384 e. The second-order valence-corrected chi connectivity index (χ2v) is 5.21. The topological polar surface area (TPSA) is 20.2 Å². The number of aliphatic hydroxyl groups excluding tert-OH is 1. The van der Waals surface area contributed by atoms with Crippen LogP contribution in [-0.2, 0) is 0 Å². The van der Waals surface area contributed by atoms with Crippen LogP contribution < -0.4 is 0 Å². The first kappa shape index (κ1) is 20.2. The van der Waals surface area contributed by atoms with E-state index in [1.807, 2.05) is 0 Å². The predicted molar refractivity (Wildman–Crippen MR) is 54.1 cm³/mol. The SMILES string of the molecule is OCCCCCC1(F)C(F)(F)C(F)(F)C(F)(F)C(F)(F)C1(F)F. The van der Waals surface area contributed by atoms with Gasteiger partial charge in [-0.2, -0.15) is 43.9 Å². The number of hydrogen-bond donors (Lipinski definition) is 1. The largest absolute Gasteiger partial charge is 0.396 e. The highest BCUT2D eigenvalue weighted by Crippen LogP contribution is 2.70. The summed E-state index contributed by atoms with van der Waals surface area (Å²) in [6.07, 6.45) is -3.92. The monoisotopic (exact) mass is 368 g/mol. The Morgan fingerprint density at radius 2 is 0.826 bits per heavy atom. The molecular weight excluding hydrogens is 357 g/mol. The lowest BCUT2D eigenvalue weighted by molar-refractivity contribution is -0.485. The summed E-state index contributed by atoms with van der Waals surface area (Å²) in [6, 6.07) is 0. The van der Waals surface area contributed by atoms with Crippen LogP contribution in [0.2, 0.25) is 0 Å². The number of unbranched alkanes of at least 4 members (excludes halogenated alkanes) is 2. The molecule has 0 heterocycles. The molecule has 0 radical (unpaired) electrons. The van der Waals surface area contributed by atoms with Gasteiger partial charge in [0.1, 0.15) is 0 Å². The Balaban J connectivity index is 3.43. The zero-order chi connectivity index (χ0) is 18.5. The molecule has 0 aromatic heterocycles. The van der Waals surface area contributed by atoms with Crippen molar-refractivity contribution in [2.24, 2.45) is 0 Å². The van der Waals surface area contributed by atoms with E-state index in [1.54, 1.807) is 0 Å². The highest BCUT2D eigenvalue weighted by molar-refractivity contribution is 5.26. The standard InChI is InChI=1S/C11H11F11O/c12-6(4-2-1-3-5-23)7(13,14)9(17,18)11(21,22)10(19,20)8(6,15)16/h23H,1-5H2. The van der Waals surface area contributed by atoms with Gasteiger partial charge in [-0.1, -0.05) is 6.42 Å². The van der Waals surface area contributed by atoms with Gasteiger partial charge in [-0.3, -0.25) is 0 Å². The van der Waals surface area contributed by atoms with Crippen LogP contribution in [0.3, 0.4) is 0 Å². The van der Waals surface area contributed by atoms with Crippen LogP contribution in [0, 0.1) is 0 Å². The Kier molecular flexibility index (Phi) is 4.70. The van der Waals surface area contributed by atoms with Crippen LogP contribution in [0.4, 0.5) is 48.3 Å². The molecule has 12 heteroatoms. The molecule has 0 amide bonds. The first-order chi connectivity index (χ1) is 10.1. The summed E-state index contributed by atoms with van der Waals surface area (Å²) in [5.74, 6) is -34.7. The Labute approximate surface area is 122 Å². The molecule has 1 fully saturated rings. The van der Waals surface area contributed by atoms with Gasteiger partial charge in [0.05, 0.1) is 0 Å². The van der Waals surface area contributed by atoms with Crippen molar-refractivity contribution < 1.29 is 53.4 Å². The molecule has 0 bridgehead atoms. The van der Waals surface area contributed by atoms with Crippen molar-refractivity contribution in [3.63, 3.8) is 0 Å². The number of aliphatic hydroxyl groups is 1. The molecule has 0 unspecified atom stereocenters. The van der Waals surface area contributed by atoms with Crippen molar-refractivity contribution in [3.05, 3.63) is 0 Å². The molecule has 0 aromatic carbocycles. The molecule has 1 rings (SSSR count). The predicted octanol–water partition coefficient (Wildman–Crippen LogP) is 4.44. The first-order valence-electron chi connectivity index (χ1n) is 6.25. The third kappa shape index (κ3) is 2.15. The fourth-order valence-corrected chi connectivity index (χ4v) is 2.26. The molecule has 0 saturated heterocycles. The van der Waals surface area contributed by atoms with Crippen molar-refractivity contribution >= 4 is 0 Å². The molecule has 1 aliphatic rings. The minimum Gasteiger partial charge on any atom is -0.396 e. The zero-order valence-corrected chi connectivity index (χ0v) is 11.1. The van der Waals surface area contributed by atoms with Gasteiger partial charge in [-0.15, -0.1) is 0 Å². The number of alkyl halides is 11. The van der Waals surface area contributed by atoms with E-state index in [0.717, 1.165) is 0 Å². The Bertz CT molecular complexity index is 415. The van der Waals surface area contributed by atoms with Crippen molar-refractivity contribution in [1.82, 2.24) is 0 Å². The normalized spacial score (nSPS) is 29.2. The summed E-state index contributed by atoms with van der Waals surface area (Å²) in [7, 11) is 0. The first-order valence-corrected chi connectivity index (χ1v) is 6.25. The van der Waals surface area contributed by atoms with Crippen LogP contribution in [0.5, 0.6) is 0 Å². The van der Waals surface area contributed by atoms with Gasteiger partial charge in [0.2, 0.25) is 5.67 Å². The summed E-state index contributed by atoms with van der Waals surface area (Å²) in [5, 5.41) is 8.38. The molecule has 0 atom stereocenters. The fraction of sp³-hybridized carbons (Fsp3) is 1.00. The highest BCUT2D eigenvalue weighted by Gasteiger charge is 3.00. The van der Waals surface area contributed by atoms with Crippen molar-refractivity contribution in [2.75, 3.05) is 6.61 Å². The molecule has 0 spiro atoms. The lowest BCUT2D eigenvalue weighted by atomic mass is 9.70. The van der Waals surface area contributed by atoms with E-state index in [2.05, 4.69) is 0 Å². The zero-order valence-electron chi connectivity index (χ0n) is 11.1. The maximum atomic E-state index is 14.0. The van der Waals surface area contributed by atoms with E-state index >= 15 is 0 Å². The van der Waals surface area contributed by atoms with Gasteiger partial charge in [-0.25, -0.2) is 4.39 Å². The van der Waals surface area contributed by atoms with Crippen LogP contribution >= 0.6 is 0 Å². The lowest BCUT2D eigenvalue weighted by Gasteiger charge is -2.52. The van der Waals surface area contributed by atoms with E-state index in [4.69, 9.17) is 5.11 Å².